The number of amides is 3. The van der Waals surface area contributed by atoms with Crippen LogP contribution in [0.1, 0.15) is 47.8 Å². The first-order chi connectivity index (χ1) is 14.0. The third-order valence-electron chi connectivity index (χ3n) is 5.42. The number of carbonyl (C=O) groups excluding carboxylic acids is 3. The molecule has 0 saturated carbocycles. The molecule has 3 aromatic rings. The first-order valence-corrected chi connectivity index (χ1v) is 9.18. The highest BCUT2D eigenvalue weighted by Gasteiger charge is 2.43. The monoisotopic (exact) mass is 384 g/mol. The Morgan fingerprint density at radius 1 is 0.793 bits per heavy atom. The van der Waals surface area contributed by atoms with E-state index in [1.807, 2.05) is 6.07 Å². The first-order valence-electron chi connectivity index (χ1n) is 9.18. The quantitative estimate of drug-likeness (QED) is 0.679. The Bertz CT molecular complexity index is 1150. The SMILES string of the molecule is O=C1NC(O)(c2ccccc2)c2ccc(CN3C(=O)c4ccccc4C3=O)cc21. The molecule has 1 unspecified atom stereocenters. The minimum absolute atomic E-state index is 0.0523. The second-order valence-corrected chi connectivity index (χ2v) is 7.15. The van der Waals surface area contributed by atoms with Crippen molar-refractivity contribution < 1.29 is 19.5 Å². The lowest BCUT2D eigenvalue weighted by Gasteiger charge is -2.24. The summed E-state index contributed by atoms with van der Waals surface area (Å²) in [7, 11) is 0. The van der Waals surface area contributed by atoms with Crippen LogP contribution in [-0.2, 0) is 12.3 Å². The van der Waals surface area contributed by atoms with Crippen molar-refractivity contribution in [1.29, 1.82) is 0 Å². The van der Waals surface area contributed by atoms with Crippen LogP contribution in [0.5, 0.6) is 0 Å². The van der Waals surface area contributed by atoms with Gasteiger partial charge in [0.05, 0.1) is 17.7 Å². The lowest BCUT2D eigenvalue weighted by molar-refractivity contribution is 0.0475. The van der Waals surface area contributed by atoms with Crippen molar-refractivity contribution in [2.45, 2.75) is 12.3 Å². The Morgan fingerprint density at radius 2 is 1.41 bits per heavy atom. The molecule has 0 spiro atoms. The number of imide groups is 1. The second kappa shape index (κ2) is 6.12. The van der Waals surface area contributed by atoms with E-state index in [0.717, 1.165) is 0 Å². The van der Waals surface area contributed by atoms with Gasteiger partial charge in [0.25, 0.3) is 17.7 Å². The van der Waals surface area contributed by atoms with E-state index in [4.69, 9.17) is 0 Å². The van der Waals surface area contributed by atoms with Crippen molar-refractivity contribution in [2.75, 3.05) is 0 Å². The number of hydrogen-bond donors (Lipinski definition) is 2. The van der Waals surface area contributed by atoms with Crippen LogP contribution in [0, 0.1) is 0 Å². The minimum Gasteiger partial charge on any atom is -0.363 e. The van der Waals surface area contributed by atoms with E-state index in [0.29, 0.717) is 33.4 Å². The summed E-state index contributed by atoms with van der Waals surface area (Å²) < 4.78 is 0. The third kappa shape index (κ3) is 2.50. The molecule has 5 rings (SSSR count). The normalized spacial score (nSPS) is 19.9. The van der Waals surface area contributed by atoms with Crippen LogP contribution in [0.2, 0.25) is 0 Å². The van der Waals surface area contributed by atoms with E-state index in [1.165, 1.54) is 4.90 Å². The largest absolute Gasteiger partial charge is 0.363 e. The molecule has 0 radical (unpaired) electrons. The Balaban J connectivity index is 1.48. The molecule has 3 aromatic carbocycles. The average Bonchev–Trinajstić information content (AvgIpc) is 3.15. The Morgan fingerprint density at radius 3 is 2.07 bits per heavy atom. The molecule has 2 heterocycles. The van der Waals surface area contributed by atoms with Crippen molar-refractivity contribution >= 4 is 17.7 Å². The van der Waals surface area contributed by atoms with Gasteiger partial charge in [0.1, 0.15) is 0 Å². The van der Waals surface area contributed by atoms with Gasteiger partial charge in [-0.1, -0.05) is 54.6 Å². The van der Waals surface area contributed by atoms with E-state index in [2.05, 4.69) is 5.32 Å². The summed E-state index contributed by atoms with van der Waals surface area (Å²) in [6.45, 7) is 0.0523. The highest BCUT2D eigenvalue weighted by molar-refractivity contribution is 6.21. The van der Waals surface area contributed by atoms with Crippen LogP contribution in [-0.4, -0.2) is 27.7 Å². The highest BCUT2D eigenvalue weighted by atomic mass is 16.3. The molecule has 29 heavy (non-hydrogen) atoms. The van der Waals surface area contributed by atoms with Crippen molar-refractivity contribution in [2.24, 2.45) is 0 Å². The number of nitrogens with zero attached hydrogens (tertiary/aromatic N) is 1. The maximum atomic E-state index is 12.6. The zero-order chi connectivity index (χ0) is 20.2. The summed E-state index contributed by atoms with van der Waals surface area (Å²) in [5.41, 5.74) is 1.11. The van der Waals surface area contributed by atoms with Gasteiger partial charge in [0.15, 0.2) is 5.72 Å². The Kier molecular flexibility index (Phi) is 3.66. The number of fused-ring (bicyclic) bond motifs is 2. The fraction of sp³-hybridized carbons (Fsp3) is 0.0870. The fourth-order valence-corrected chi connectivity index (χ4v) is 3.96. The van der Waals surface area contributed by atoms with E-state index in [9.17, 15) is 19.5 Å². The number of aliphatic hydroxyl groups is 1. The smallest absolute Gasteiger partial charge is 0.261 e. The molecule has 6 nitrogen and oxygen atoms in total. The maximum Gasteiger partial charge on any atom is 0.261 e. The van der Waals surface area contributed by atoms with E-state index in [1.54, 1.807) is 66.7 Å². The van der Waals surface area contributed by atoms with Crippen LogP contribution in [0.3, 0.4) is 0 Å². The average molecular weight is 384 g/mol. The third-order valence-corrected chi connectivity index (χ3v) is 5.42. The summed E-state index contributed by atoms with van der Waals surface area (Å²) in [5.74, 6) is -1.11. The molecule has 142 valence electrons. The van der Waals surface area contributed by atoms with Gasteiger partial charge in [0.2, 0.25) is 0 Å². The molecule has 0 fully saturated rings. The van der Waals surface area contributed by atoms with Crippen molar-refractivity contribution in [3.05, 3.63) is 106 Å². The van der Waals surface area contributed by atoms with E-state index >= 15 is 0 Å². The number of benzene rings is 3. The number of carbonyl (C=O) groups is 3. The lowest BCUT2D eigenvalue weighted by Crippen LogP contribution is -2.40. The number of rotatable bonds is 3. The highest BCUT2D eigenvalue weighted by Crippen LogP contribution is 2.35. The van der Waals surface area contributed by atoms with Crippen LogP contribution in [0.25, 0.3) is 0 Å². The van der Waals surface area contributed by atoms with Gasteiger partial charge in [-0.05, 0) is 23.8 Å². The molecular formula is C23H16N2O4. The zero-order valence-corrected chi connectivity index (χ0v) is 15.3. The molecule has 0 aliphatic carbocycles. The summed E-state index contributed by atoms with van der Waals surface area (Å²) in [5, 5.41) is 13.7. The molecule has 6 heteroatoms. The molecule has 2 aliphatic rings. The maximum absolute atomic E-state index is 12.6. The number of nitrogens with one attached hydrogen (secondary N) is 1. The minimum atomic E-state index is -1.61. The Labute approximate surface area is 166 Å². The van der Waals surface area contributed by atoms with Gasteiger partial charge in [-0.2, -0.15) is 0 Å². The number of hydrogen-bond acceptors (Lipinski definition) is 4. The van der Waals surface area contributed by atoms with Gasteiger partial charge in [0, 0.05) is 16.7 Å². The molecule has 2 aliphatic heterocycles. The first kappa shape index (κ1) is 17.3. The standard InChI is InChI=1S/C23H16N2O4/c26-20-18-12-14(13-25-21(27)16-8-4-5-9-17(16)22(25)28)10-11-19(18)23(29,24-20)15-6-2-1-3-7-15/h1-12,29H,13H2,(H,24,26). The summed E-state index contributed by atoms with van der Waals surface area (Å²) in [6, 6.07) is 20.6. The summed E-state index contributed by atoms with van der Waals surface area (Å²) in [4.78, 5) is 38.9. The van der Waals surface area contributed by atoms with E-state index in [-0.39, 0.29) is 18.4 Å². The fourth-order valence-electron chi connectivity index (χ4n) is 3.96. The van der Waals surface area contributed by atoms with Gasteiger partial charge in [-0.25, -0.2) is 0 Å². The second-order valence-electron chi connectivity index (χ2n) is 7.15. The molecule has 0 saturated heterocycles. The summed E-state index contributed by atoms with van der Waals surface area (Å²) in [6.07, 6.45) is 0. The van der Waals surface area contributed by atoms with Crippen LogP contribution in [0.4, 0.5) is 0 Å². The van der Waals surface area contributed by atoms with Crippen LogP contribution < -0.4 is 5.32 Å². The molecule has 3 amide bonds. The predicted molar refractivity (Wildman–Crippen MR) is 104 cm³/mol. The topological polar surface area (TPSA) is 86.7 Å². The van der Waals surface area contributed by atoms with Gasteiger partial charge >= 0.3 is 0 Å². The molecule has 0 aromatic heterocycles. The molecule has 1 atom stereocenters. The van der Waals surface area contributed by atoms with Gasteiger partial charge < -0.3 is 10.4 Å². The van der Waals surface area contributed by atoms with Gasteiger partial charge in [-0.3, -0.25) is 19.3 Å². The van der Waals surface area contributed by atoms with Gasteiger partial charge in [-0.15, -0.1) is 0 Å². The predicted octanol–water partition coefficient (Wildman–Crippen LogP) is 2.42. The molecular weight excluding hydrogens is 368 g/mol. The van der Waals surface area contributed by atoms with Crippen LogP contribution in [0.15, 0.2) is 72.8 Å². The van der Waals surface area contributed by atoms with Crippen LogP contribution >= 0.6 is 0 Å². The zero-order valence-electron chi connectivity index (χ0n) is 15.3. The molecule has 0 bridgehead atoms. The molecule has 2 N–H and O–H groups in total. The summed E-state index contributed by atoms with van der Waals surface area (Å²) >= 11 is 0. The lowest BCUT2D eigenvalue weighted by atomic mass is 9.93. The Hall–Kier alpha value is -3.77. The van der Waals surface area contributed by atoms with E-state index < -0.39 is 11.6 Å². The van der Waals surface area contributed by atoms with Crippen molar-refractivity contribution in [3.8, 4) is 0 Å². The van der Waals surface area contributed by atoms with Crippen molar-refractivity contribution in [3.63, 3.8) is 0 Å². The van der Waals surface area contributed by atoms with Crippen molar-refractivity contribution in [1.82, 2.24) is 10.2 Å².